The molecular formula is C17H21N3O2. The fourth-order valence-corrected chi connectivity index (χ4v) is 3.87. The maximum absolute atomic E-state index is 12.5. The highest BCUT2D eigenvalue weighted by molar-refractivity contribution is 5.96. The Morgan fingerprint density at radius 3 is 3.09 bits per heavy atom. The zero-order chi connectivity index (χ0) is 15.1. The standard InChI is InChI=1S/C17H21N3O2/c1-10-18-14-7-6-12(9-16(14)22-10)19-17(21)15-8-11-4-2-3-5-13(11)20-15/h6-7,9,11,13,15,20H,2-5,8H2,1H3,(H,19,21). The molecule has 1 aliphatic carbocycles. The molecule has 3 unspecified atom stereocenters. The van der Waals surface area contributed by atoms with E-state index in [-0.39, 0.29) is 11.9 Å². The number of nitrogens with one attached hydrogen (secondary N) is 2. The Morgan fingerprint density at radius 2 is 2.23 bits per heavy atom. The first-order valence-electron chi connectivity index (χ1n) is 8.13. The van der Waals surface area contributed by atoms with Gasteiger partial charge in [0.05, 0.1) is 6.04 Å². The quantitative estimate of drug-likeness (QED) is 0.894. The van der Waals surface area contributed by atoms with Crippen LogP contribution in [0.5, 0.6) is 0 Å². The van der Waals surface area contributed by atoms with E-state index in [0.717, 1.165) is 17.6 Å². The van der Waals surface area contributed by atoms with Gasteiger partial charge in [-0.05, 0) is 37.3 Å². The van der Waals surface area contributed by atoms with E-state index in [1.807, 2.05) is 25.1 Å². The first-order chi connectivity index (χ1) is 10.7. The lowest BCUT2D eigenvalue weighted by atomic mass is 9.85. The van der Waals surface area contributed by atoms with E-state index >= 15 is 0 Å². The van der Waals surface area contributed by atoms with Gasteiger partial charge in [0.2, 0.25) is 5.91 Å². The molecule has 1 saturated carbocycles. The molecule has 5 nitrogen and oxygen atoms in total. The minimum Gasteiger partial charge on any atom is -0.441 e. The minimum absolute atomic E-state index is 0.0602. The monoisotopic (exact) mass is 299 g/mol. The average Bonchev–Trinajstić information content (AvgIpc) is 3.08. The van der Waals surface area contributed by atoms with Crippen LogP contribution >= 0.6 is 0 Å². The fourth-order valence-electron chi connectivity index (χ4n) is 3.87. The molecule has 0 bridgehead atoms. The highest BCUT2D eigenvalue weighted by Crippen LogP contribution is 2.33. The Hall–Kier alpha value is -1.88. The summed E-state index contributed by atoms with van der Waals surface area (Å²) in [4.78, 5) is 16.7. The van der Waals surface area contributed by atoms with Crippen LogP contribution in [0.1, 0.15) is 38.0 Å². The predicted octanol–water partition coefficient (Wildman–Crippen LogP) is 3.00. The van der Waals surface area contributed by atoms with Gasteiger partial charge < -0.3 is 15.1 Å². The summed E-state index contributed by atoms with van der Waals surface area (Å²) in [6.07, 6.45) is 6.01. The first kappa shape index (κ1) is 13.8. The molecule has 5 heteroatoms. The molecular weight excluding hydrogens is 278 g/mol. The molecule has 1 amide bonds. The van der Waals surface area contributed by atoms with Gasteiger partial charge in [0.25, 0.3) is 0 Å². The third kappa shape index (κ3) is 2.50. The van der Waals surface area contributed by atoms with E-state index in [9.17, 15) is 4.79 Å². The van der Waals surface area contributed by atoms with E-state index < -0.39 is 0 Å². The van der Waals surface area contributed by atoms with Crippen LogP contribution in [0, 0.1) is 12.8 Å². The van der Waals surface area contributed by atoms with Gasteiger partial charge in [0.15, 0.2) is 11.5 Å². The summed E-state index contributed by atoms with van der Waals surface area (Å²) in [5.74, 6) is 1.37. The Labute approximate surface area is 129 Å². The second-order valence-corrected chi connectivity index (χ2v) is 6.51. The summed E-state index contributed by atoms with van der Waals surface area (Å²) < 4.78 is 5.51. The predicted molar refractivity (Wildman–Crippen MR) is 84.7 cm³/mol. The molecule has 0 spiro atoms. The summed E-state index contributed by atoms with van der Waals surface area (Å²) in [7, 11) is 0. The SMILES string of the molecule is Cc1nc2ccc(NC(=O)C3CC4CCCCC4N3)cc2o1. The number of carbonyl (C=O) groups excluding carboxylic acids is 1. The van der Waals surface area contributed by atoms with E-state index in [0.29, 0.717) is 23.4 Å². The van der Waals surface area contributed by atoms with Crippen LogP contribution in [0.2, 0.25) is 0 Å². The number of benzene rings is 1. The van der Waals surface area contributed by atoms with Crippen molar-refractivity contribution in [2.75, 3.05) is 5.32 Å². The van der Waals surface area contributed by atoms with Gasteiger partial charge >= 0.3 is 0 Å². The number of rotatable bonds is 2. The van der Waals surface area contributed by atoms with Crippen LogP contribution in [-0.4, -0.2) is 23.0 Å². The van der Waals surface area contributed by atoms with Gasteiger partial charge in [0, 0.05) is 24.7 Å². The van der Waals surface area contributed by atoms with Crippen LogP contribution in [0.25, 0.3) is 11.1 Å². The zero-order valence-electron chi connectivity index (χ0n) is 12.8. The number of oxazole rings is 1. The summed E-state index contributed by atoms with van der Waals surface area (Å²) in [6, 6.07) is 6.06. The Morgan fingerprint density at radius 1 is 1.36 bits per heavy atom. The molecule has 2 N–H and O–H groups in total. The minimum atomic E-state index is -0.0692. The summed E-state index contributed by atoms with van der Waals surface area (Å²) in [6.45, 7) is 1.82. The molecule has 2 heterocycles. The van der Waals surface area contributed by atoms with E-state index in [4.69, 9.17) is 4.42 Å². The number of nitrogens with zero attached hydrogens (tertiary/aromatic N) is 1. The molecule has 1 aliphatic heterocycles. The summed E-state index contributed by atoms with van der Waals surface area (Å²) in [5.41, 5.74) is 2.30. The number of amides is 1. The van der Waals surface area contributed by atoms with Crippen molar-refractivity contribution in [3.8, 4) is 0 Å². The summed E-state index contributed by atoms with van der Waals surface area (Å²) in [5, 5.41) is 6.51. The van der Waals surface area contributed by atoms with Crippen LogP contribution in [-0.2, 0) is 4.79 Å². The summed E-state index contributed by atoms with van der Waals surface area (Å²) >= 11 is 0. The van der Waals surface area contributed by atoms with Gasteiger partial charge in [0.1, 0.15) is 5.52 Å². The van der Waals surface area contributed by atoms with Crippen molar-refractivity contribution >= 4 is 22.7 Å². The maximum atomic E-state index is 12.5. The van der Waals surface area contributed by atoms with Crippen molar-refractivity contribution in [2.45, 2.75) is 51.1 Å². The van der Waals surface area contributed by atoms with Crippen LogP contribution < -0.4 is 10.6 Å². The third-order valence-corrected chi connectivity index (χ3v) is 4.94. The van der Waals surface area contributed by atoms with Crippen molar-refractivity contribution in [3.63, 3.8) is 0 Å². The van der Waals surface area contributed by atoms with Gasteiger partial charge in [-0.25, -0.2) is 4.98 Å². The largest absolute Gasteiger partial charge is 0.441 e. The molecule has 3 atom stereocenters. The molecule has 1 saturated heterocycles. The normalized spacial score (nSPS) is 27.8. The maximum Gasteiger partial charge on any atom is 0.241 e. The Kier molecular flexibility index (Phi) is 3.37. The molecule has 2 aliphatic rings. The number of anilines is 1. The first-order valence-corrected chi connectivity index (χ1v) is 8.13. The van der Waals surface area contributed by atoms with Gasteiger partial charge in [-0.2, -0.15) is 0 Å². The molecule has 1 aromatic carbocycles. The number of hydrogen-bond acceptors (Lipinski definition) is 4. The number of hydrogen-bond donors (Lipinski definition) is 2. The number of carbonyl (C=O) groups is 1. The molecule has 1 aromatic heterocycles. The molecule has 4 rings (SSSR count). The third-order valence-electron chi connectivity index (χ3n) is 4.94. The van der Waals surface area contributed by atoms with Crippen LogP contribution in [0.4, 0.5) is 5.69 Å². The number of aryl methyl sites for hydroxylation is 1. The highest BCUT2D eigenvalue weighted by atomic mass is 16.3. The molecule has 2 aromatic rings. The molecule has 22 heavy (non-hydrogen) atoms. The van der Waals surface area contributed by atoms with Gasteiger partial charge in [-0.15, -0.1) is 0 Å². The smallest absolute Gasteiger partial charge is 0.241 e. The molecule has 2 fully saturated rings. The second kappa shape index (κ2) is 5.39. The van der Waals surface area contributed by atoms with Gasteiger partial charge in [-0.3, -0.25) is 4.79 Å². The van der Waals surface area contributed by atoms with Crippen molar-refractivity contribution < 1.29 is 9.21 Å². The van der Waals surface area contributed by atoms with Crippen LogP contribution in [0.15, 0.2) is 22.6 Å². The van der Waals surface area contributed by atoms with Crippen molar-refractivity contribution in [1.29, 1.82) is 0 Å². The van der Waals surface area contributed by atoms with E-state index in [2.05, 4.69) is 15.6 Å². The fraction of sp³-hybridized carbons (Fsp3) is 0.529. The molecule has 0 radical (unpaired) electrons. The Bertz CT molecular complexity index is 695. The lowest BCUT2D eigenvalue weighted by Gasteiger charge is -2.24. The second-order valence-electron chi connectivity index (χ2n) is 6.51. The molecule has 116 valence electrons. The lowest BCUT2D eigenvalue weighted by molar-refractivity contribution is -0.117. The van der Waals surface area contributed by atoms with Gasteiger partial charge in [-0.1, -0.05) is 12.8 Å². The lowest BCUT2D eigenvalue weighted by Crippen LogP contribution is -2.39. The van der Waals surface area contributed by atoms with E-state index in [1.165, 1.54) is 25.7 Å². The van der Waals surface area contributed by atoms with Crippen molar-refractivity contribution in [1.82, 2.24) is 10.3 Å². The topological polar surface area (TPSA) is 67.2 Å². The Balaban J connectivity index is 1.46. The van der Waals surface area contributed by atoms with Crippen molar-refractivity contribution in [3.05, 3.63) is 24.1 Å². The highest BCUT2D eigenvalue weighted by Gasteiger charge is 2.38. The number of fused-ring (bicyclic) bond motifs is 2. The number of aromatic nitrogens is 1. The van der Waals surface area contributed by atoms with Crippen LogP contribution in [0.3, 0.4) is 0 Å². The van der Waals surface area contributed by atoms with Crippen molar-refractivity contribution in [2.24, 2.45) is 5.92 Å². The zero-order valence-corrected chi connectivity index (χ0v) is 12.8. The van der Waals surface area contributed by atoms with E-state index in [1.54, 1.807) is 0 Å². The average molecular weight is 299 g/mol.